The molecular weight excluding hydrogens is 206 g/mol. The summed E-state index contributed by atoms with van der Waals surface area (Å²) < 4.78 is 10.3. The molecule has 5 nitrogen and oxygen atoms in total. The van der Waals surface area contributed by atoms with Gasteiger partial charge < -0.3 is 8.83 Å². The SMILES string of the molecule is c1cc(-c2cnco2)nc(-c2cnco2)c1. The molecule has 0 saturated heterocycles. The van der Waals surface area contributed by atoms with Gasteiger partial charge in [-0.05, 0) is 12.1 Å². The molecule has 3 rings (SSSR count). The van der Waals surface area contributed by atoms with E-state index in [0.29, 0.717) is 22.9 Å². The van der Waals surface area contributed by atoms with Gasteiger partial charge in [0.05, 0.1) is 12.4 Å². The topological polar surface area (TPSA) is 65.0 Å². The summed E-state index contributed by atoms with van der Waals surface area (Å²) in [4.78, 5) is 12.1. The highest BCUT2D eigenvalue weighted by Crippen LogP contribution is 2.21. The quantitative estimate of drug-likeness (QED) is 0.653. The zero-order valence-electron chi connectivity index (χ0n) is 8.20. The highest BCUT2D eigenvalue weighted by atomic mass is 16.3. The van der Waals surface area contributed by atoms with E-state index < -0.39 is 0 Å². The molecule has 16 heavy (non-hydrogen) atoms. The molecule has 0 aliphatic rings. The summed E-state index contributed by atoms with van der Waals surface area (Å²) in [6.07, 6.45) is 5.98. The van der Waals surface area contributed by atoms with Crippen molar-refractivity contribution >= 4 is 0 Å². The van der Waals surface area contributed by atoms with E-state index in [9.17, 15) is 0 Å². The molecule has 3 aromatic rings. The number of aromatic nitrogens is 3. The zero-order valence-corrected chi connectivity index (χ0v) is 8.20. The third kappa shape index (κ3) is 1.48. The highest BCUT2D eigenvalue weighted by Gasteiger charge is 2.07. The summed E-state index contributed by atoms with van der Waals surface area (Å²) in [5.41, 5.74) is 1.43. The van der Waals surface area contributed by atoms with Crippen LogP contribution < -0.4 is 0 Å². The van der Waals surface area contributed by atoms with Gasteiger partial charge in [-0.2, -0.15) is 0 Å². The van der Waals surface area contributed by atoms with Crippen LogP contribution in [0.5, 0.6) is 0 Å². The molecule has 3 aromatic heterocycles. The number of hydrogen-bond donors (Lipinski definition) is 0. The maximum atomic E-state index is 5.17. The average Bonchev–Trinajstić information content (AvgIpc) is 3.03. The maximum Gasteiger partial charge on any atom is 0.181 e. The van der Waals surface area contributed by atoms with Crippen molar-refractivity contribution in [3.63, 3.8) is 0 Å². The number of pyridine rings is 1. The van der Waals surface area contributed by atoms with Gasteiger partial charge in [0.2, 0.25) is 0 Å². The van der Waals surface area contributed by atoms with Crippen molar-refractivity contribution < 1.29 is 8.83 Å². The number of rotatable bonds is 2. The molecule has 78 valence electrons. The fourth-order valence-electron chi connectivity index (χ4n) is 1.39. The largest absolute Gasteiger partial charge is 0.442 e. The molecule has 0 aromatic carbocycles. The minimum Gasteiger partial charge on any atom is -0.442 e. The second-order valence-corrected chi connectivity index (χ2v) is 3.14. The lowest BCUT2D eigenvalue weighted by Crippen LogP contribution is -1.84. The molecule has 0 radical (unpaired) electrons. The Morgan fingerprint density at radius 2 is 1.38 bits per heavy atom. The van der Waals surface area contributed by atoms with Crippen molar-refractivity contribution in [1.82, 2.24) is 15.0 Å². The van der Waals surface area contributed by atoms with Gasteiger partial charge in [-0.25, -0.2) is 15.0 Å². The van der Waals surface area contributed by atoms with Gasteiger partial charge in [0.25, 0.3) is 0 Å². The Bertz CT molecular complexity index is 524. The first-order valence-electron chi connectivity index (χ1n) is 4.68. The third-order valence-corrected chi connectivity index (χ3v) is 2.12. The molecule has 0 fully saturated rings. The maximum absolute atomic E-state index is 5.17. The third-order valence-electron chi connectivity index (χ3n) is 2.12. The summed E-state index contributed by atoms with van der Waals surface area (Å²) in [6.45, 7) is 0. The van der Waals surface area contributed by atoms with Crippen LogP contribution in [0.2, 0.25) is 0 Å². The first-order chi connectivity index (χ1) is 7.93. The van der Waals surface area contributed by atoms with Crippen molar-refractivity contribution in [3.8, 4) is 22.9 Å². The lowest BCUT2D eigenvalue weighted by molar-refractivity contribution is 0.566. The first-order valence-corrected chi connectivity index (χ1v) is 4.68. The fourth-order valence-corrected chi connectivity index (χ4v) is 1.39. The standard InChI is InChI=1S/C11H7N3O2/c1-2-8(10-4-12-6-15-10)14-9(3-1)11-5-13-7-16-11/h1-7H. The van der Waals surface area contributed by atoms with Gasteiger partial charge >= 0.3 is 0 Å². The van der Waals surface area contributed by atoms with E-state index in [1.807, 2.05) is 18.2 Å². The summed E-state index contributed by atoms with van der Waals surface area (Å²) in [7, 11) is 0. The van der Waals surface area contributed by atoms with Crippen LogP contribution in [0, 0.1) is 0 Å². The van der Waals surface area contributed by atoms with Crippen LogP contribution in [0.3, 0.4) is 0 Å². The normalized spacial score (nSPS) is 10.5. The second kappa shape index (κ2) is 3.62. The van der Waals surface area contributed by atoms with Crippen LogP contribution in [-0.4, -0.2) is 15.0 Å². The predicted molar refractivity (Wildman–Crippen MR) is 55.2 cm³/mol. The fraction of sp³-hybridized carbons (Fsp3) is 0. The molecule has 0 aliphatic carbocycles. The molecule has 0 unspecified atom stereocenters. The van der Waals surface area contributed by atoms with Crippen molar-refractivity contribution in [2.75, 3.05) is 0 Å². The molecule has 0 bridgehead atoms. The van der Waals surface area contributed by atoms with Crippen LogP contribution in [-0.2, 0) is 0 Å². The van der Waals surface area contributed by atoms with Crippen LogP contribution in [0.4, 0.5) is 0 Å². The number of oxazole rings is 2. The van der Waals surface area contributed by atoms with Gasteiger partial charge in [0.1, 0.15) is 11.4 Å². The van der Waals surface area contributed by atoms with E-state index in [4.69, 9.17) is 8.83 Å². The Balaban J connectivity index is 2.07. The highest BCUT2D eigenvalue weighted by molar-refractivity contribution is 5.58. The molecule has 0 saturated carbocycles. The Hall–Kier alpha value is -2.43. The average molecular weight is 213 g/mol. The molecule has 5 heteroatoms. The minimum absolute atomic E-state index is 0.626. The van der Waals surface area contributed by atoms with E-state index in [2.05, 4.69) is 15.0 Å². The van der Waals surface area contributed by atoms with E-state index in [0.717, 1.165) is 0 Å². The van der Waals surface area contributed by atoms with Crippen LogP contribution in [0.25, 0.3) is 22.9 Å². The molecule has 0 N–H and O–H groups in total. The molecule has 0 atom stereocenters. The van der Waals surface area contributed by atoms with Crippen molar-refractivity contribution in [2.24, 2.45) is 0 Å². The van der Waals surface area contributed by atoms with Gasteiger partial charge in [0.15, 0.2) is 24.3 Å². The molecular formula is C11H7N3O2. The van der Waals surface area contributed by atoms with Crippen LogP contribution in [0.15, 0.2) is 52.2 Å². The van der Waals surface area contributed by atoms with E-state index in [1.54, 1.807) is 12.4 Å². The first kappa shape index (κ1) is 8.84. The lowest BCUT2D eigenvalue weighted by Gasteiger charge is -1.98. The second-order valence-electron chi connectivity index (χ2n) is 3.14. The zero-order chi connectivity index (χ0) is 10.8. The lowest BCUT2D eigenvalue weighted by atomic mass is 10.2. The van der Waals surface area contributed by atoms with E-state index >= 15 is 0 Å². The number of hydrogen-bond acceptors (Lipinski definition) is 5. The monoisotopic (exact) mass is 213 g/mol. The number of nitrogens with zero attached hydrogens (tertiary/aromatic N) is 3. The van der Waals surface area contributed by atoms with E-state index in [-0.39, 0.29) is 0 Å². The summed E-state index contributed by atoms with van der Waals surface area (Å²) >= 11 is 0. The van der Waals surface area contributed by atoms with Gasteiger partial charge in [-0.15, -0.1) is 0 Å². The van der Waals surface area contributed by atoms with Crippen molar-refractivity contribution in [2.45, 2.75) is 0 Å². The van der Waals surface area contributed by atoms with Crippen LogP contribution in [0.1, 0.15) is 0 Å². The molecule has 0 amide bonds. The Kier molecular flexibility index (Phi) is 2.00. The minimum atomic E-state index is 0.626. The summed E-state index contributed by atoms with van der Waals surface area (Å²) in [6, 6.07) is 5.57. The Labute approximate surface area is 90.8 Å². The molecule has 0 aliphatic heterocycles. The molecule has 0 spiro atoms. The van der Waals surface area contributed by atoms with Crippen molar-refractivity contribution in [3.05, 3.63) is 43.4 Å². The van der Waals surface area contributed by atoms with Gasteiger partial charge in [0, 0.05) is 0 Å². The Morgan fingerprint density at radius 3 is 1.81 bits per heavy atom. The van der Waals surface area contributed by atoms with Gasteiger partial charge in [-0.3, -0.25) is 0 Å². The summed E-state index contributed by atoms with van der Waals surface area (Å²) in [5.74, 6) is 1.25. The van der Waals surface area contributed by atoms with E-state index in [1.165, 1.54) is 12.8 Å². The smallest absolute Gasteiger partial charge is 0.181 e. The van der Waals surface area contributed by atoms with Crippen molar-refractivity contribution in [1.29, 1.82) is 0 Å². The summed E-state index contributed by atoms with van der Waals surface area (Å²) in [5, 5.41) is 0. The van der Waals surface area contributed by atoms with Crippen LogP contribution >= 0.6 is 0 Å². The predicted octanol–water partition coefficient (Wildman–Crippen LogP) is 2.39. The van der Waals surface area contributed by atoms with Gasteiger partial charge in [-0.1, -0.05) is 6.07 Å². The molecule has 3 heterocycles. The Morgan fingerprint density at radius 1 is 0.812 bits per heavy atom.